The summed E-state index contributed by atoms with van der Waals surface area (Å²) in [4.78, 5) is 0.137. The Morgan fingerprint density at radius 1 is 1.15 bits per heavy atom. The first kappa shape index (κ1) is 18.5. The Bertz CT molecular complexity index is 937. The molecule has 146 valence electrons. The summed E-state index contributed by atoms with van der Waals surface area (Å²) in [6.07, 6.45) is 2.57. The third kappa shape index (κ3) is 3.51. The van der Waals surface area contributed by atoms with Gasteiger partial charge in [0.05, 0.1) is 4.90 Å². The second-order valence-corrected chi connectivity index (χ2v) is 9.15. The van der Waals surface area contributed by atoms with Crippen molar-refractivity contribution in [1.29, 1.82) is 0 Å². The molecule has 27 heavy (non-hydrogen) atoms. The molecule has 7 nitrogen and oxygen atoms in total. The molecule has 2 aliphatic rings. The van der Waals surface area contributed by atoms with Gasteiger partial charge >= 0.3 is 0 Å². The molecule has 0 radical (unpaired) electrons. The summed E-state index contributed by atoms with van der Waals surface area (Å²) >= 11 is 0. The van der Waals surface area contributed by atoms with Gasteiger partial charge in [0.15, 0.2) is 0 Å². The predicted octanol–water partition coefficient (Wildman–Crippen LogP) is 1.44. The van der Waals surface area contributed by atoms with Crippen LogP contribution >= 0.6 is 0 Å². The van der Waals surface area contributed by atoms with Crippen LogP contribution in [0.4, 0.5) is 4.39 Å². The molecule has 2 aromatic rings. The van der Waals surface area contributed by atoms with Crippen LogP contribution in [0.2, 0.25) is 0 Å². The molecular formula is C18H24FN5O2S. The number of sulfonamides is 1. The fourth-order valence-corrected chi connectivity index (χ4v) is 5.39. The fourth-order valence-electron chi connectivity index (χ4n) is 3.87. The van der Waals surface area contributed by atoms with E-state index >= 15 is 0 Å². The average Bonchev–Trinajstić information content (AvgIpc) is 2.95. The summed E-state index contributed by atoms with van der Waals surface area (Å²) in [5, 5.41) is 12.1. The molecule has 0 spiro atoms. The van der Waals surface area contributed by atoms with Crippen molar-refractivity contribution in [3.05, 3.63) is 41.2 Å². The molecule has 1 fully saturated rings. The number of nitrogens with zero attached hydrogens (tertiary/aromatic N) is 4. The first-order chi connectivity index (χ1) is 13.0. The highest BCUT2D eigenvalue weighted by molar-refractivity contribution is 7.89. The normalized spacial score (nSPS) is 19.6. The van der Waals surface area contributed by atoms with E-state index in [0.717, 1.165) is 37.6 Å². The lowest BCUT2D eigenvalue weighted by atomic mass is 9.97. The smallest absolute Gasteiger partial charge is 0.243 e. The molecule has 9 heteroatoms. The van der Waals surface area contributed by atoms with E-state index in [0.29, 0.717) is 37.5 Å². The first-order valence-electron chi connectivity index (χ1n) is 9.36. The number of aryl methyl sites for hydroxylation is 1. The molecule has 1 saturated heterocycles. The van der Waals surface area contributed by atoms with Gasteiger partial charge in [-0.3, -0.25) is 0 Å². The molecule has 3 heterocycles. The maximum absolute atomic E-state index is 13.5. The van der Waals surface area contributed by atoms with Crippen LogP contribution in [0.15, 0.2) is 23.1 Å². The minimum atomic E-state index is -3.66. The summed E-state index contributed by atoms with van der Waals surface area (Å²) in [6.45, 7) is 4.77. The van der Waals surface area contributed by atoms with Crippen LogP contribution in [-0.2, 0) is 23.0 Å². The van der Waals surface area contributed by atoms with Crippen LogP contribution in [-0.4, -0.2) is 53.7 Å². The number of hydrogen-bond acceptors (Lipinski definition) is 5. The highest BCUT2D eigenvalue weighted by atomic mass is 32.2. The van der Waals surface area contributed by atoms with Gasteiger partial charge in [-0.1, -0.05) is 0 Å². The molecule has 0 amide bonds. The van der Waals surface area contributed by atoms with Crippen LogP contribution in [0.25, 0.3) is 0 Å². The van der Waals surface area contributed by atoms with E-state index in [-0.39, 0.29) is 4.90 Å². The number of rotatable bonds is 3. The van der Waals surface area contributed by atoms with E-state index in [1.54, 1.807) is 6.92 Å². The van der Waals surface area contributed by atoms with Gasteiger partial charge in [-0.25, -0.2) is 12.8 Å². The van der Waals surface area contributed by atoms with Crippen molar-refractivity contribution in [3.8, 4) is 0 Å². The summed E-state index contributed by atoms with van der Waals surface area (Å²) < 4.78 is 43.1. The highest BCUT2D eigenvalue weighted by Gasteiger charge is 2.30. The van der Waals surface area contributed by atoms with Crippen molar-refractivity contribution < 1.29 is 12.8 Å². The summed E-state index contributed by atoms with van der Waals surface area (Å²) in [5.41, 5.74) is 0.330. The third-order valence-electron chi connectivity index (χ3n) is 5.49. The topological polar surface area (TPSA) is 80.1 Å². The lowest BCUT2D eigenvalue weighted by Crippen LogP contribution is -2.34. The Labute approximate surface area is 158 Å². The quantitative estimate of drug-likeness (QED) is 0.854. The zero-order valence-electron chi connectivity index (χ0n) is 15.4. The Balaban J connectivity index is 1.56. The van der Waals surface area contributed by atoms with Gasteiger partial charge in [0.25, 0.3) is 0 Å². The highest BCUT2D eigenvalue weighted by Crippen LogP contribution is 2.26. The molecule has 0 unspecified atom stereocenters. The Morgan fingerprint density at radius 3 is 2.67 bits per heavy atom. The monoisotopic (exact) mass is 393 g/mol. The van der Waals surface area contributed by atoms with Gasteiger partial charge in [0.1, 0.15) is 17.5 Å². The molecule has 0 aliphatic carbocycles. The zero-order chi connectivity index (χ0) is 19.0. The maximum Gasteiger partial charge on any atom is 0.243 e. The molecule has 1 aromatic heterocycles. The molecule has 0 atom stereocenters. The minimum Gasteiger partial charge on any atom is -0.317 e. The van der Waals surface area contributed by atoms with Gasteiger partial charge in [0, 0.05) is 32.0 Å². The second-order valence-electron chi connectivity index (χ2n) is 7.22. The Morgan fingerprint density at radius 2 is 1.93 bits per heavy atom. The Hall–Kier alpha value is -1.84. The number of hydrogen-bond donors (Lipinski definition) is 1. The van der Waals surface area contributed by atoms with Crippen molar-refractivity contribution in [1.82, 2.24) is 24.4 Å². The number of fused-ring (bicyclic) bond motifs is 1. The molecule has 2 aliphatic heterocycles. The molecule has 4 rings (SSSR count). The number of benzene rings is 1. The van der Waals surface area contributed by atoms with Gasteiger partial charge in [-0.15, -0.1) is 10.2 Å². The van der Waals surface area contributed by atoms with E-state index in [1.807, 2.05) is 0 Å². The molecule has 0 bridgehead atoms. The second kappa shape index (κ2) is 7.29. The summed E-state index contributed by atoms with van der Waals surface area (Å²) in [5.74, 6) is 1.79. The van der Waals surface area contributed by atoms with Crippen molar-refractivity contribution >= 4 is 10.0 Å². The summed E-state index contributed by atoms with van der Waals surface area (Å²) in [6, 6.07) is 3.95. The van der Waals surface area contributed by atoms with Gasteiger partial charge < -0.3 is 9.88 Å². The number of nitrogens with one attached hydrogen (secondary N) is 1. The standard InChI is InChI=1S/C18H24FN5O2S/c1-13-12-15(2-3-16(13)19)27(25,26)23-9-6-17-21-22-18(24(17)11-10-23)14-4-7-20-8-5-14/h2-3,12,14,20H,4-11H2,1H3. The van der Waals surface area contributed by atoms with Crippen LogP contribution in [0.3, 0.4) is 0 Å². The van der Waals surface area contributed by atoms with E-state index in [4.69, 9.17) is 0 Å². The maximum atomic E-state index is 13.5. The number of piperidine rings is 1. The van der Waals surface area contributed by atoms with Crippen molar-refractivity contribution in [2.45, 2.75) is 43.5 Å². The molecular weight excluding hydrogens is 369 g/mol. The SMILES string of the molecule is Cc1cc(S(=O)(=O)N2CCc3nnc(C4CCNCC4)n3CC2)ccc1F. The predicted molar refractivity (Wildman–Crippen MR) is 98.5 cm³/mol. The van der Waals surface area contributed by atoms with Crippen molar-refractivity contribution in [3.63, 3.8) is 0 Å². The largest absolute Gasteiger partial charge is 0.317 e. The van der Waals surface area contributed by atoms with Crippen LogP contribution in [0.1, 0.15) is 36.0 Å². The van der Waals surface area contributed by atoms with Crippen molar-refractivity contribution in [2.24, 2.45) is 0 Å². The minimum absolute atomic E-state index is 0.137. The van der Waals surface area contributed by atoms with Gasteiger partial charge in [-0.2, -0.15) is 4.31 Å². The van der Waals surface area contributed by atoms with E-state index in [1.165, 1.54) is 22.5 Å². The molecule has 1 aromatic carbocycles. The molecule has 1 N–H and O–H groups in total. The average molecular weight is 393 g/mol. The Kier molecular flexibility index (Phi) is 5.00. The van der Waals surface area contributed by atoms with Crippen LogP contribution in [0.5, 0.6) is 0 Å². The van der Waals surface area contributed by atoms with Gasteiger partial charge in [-0.05, 0) is 56.6 Å². The van der Waals surface area contributed by atoms with Crippen LogP contribution in [0, 0.1) is 12.7 Å². The van der Waals surface area contributed by atoms with Gasteiger partial charge in [0.2, 0.25) is 10.0 Å². The number of aromatic nitrogens is 3. The summed E-state index contributed by atoms with van der Waals surface area (Å²) in [7, 11) is -3.66. The fraction of sp³-hybridized carbons (Fsp3) is 0.556. The first-order valence-corrected chi connectivity index (χ1v) is 10.8. The van der Waals surface area contributed by atoms with E-state index < -0.39 is 15.8 Å². The van der Waals surface area contributed by atoms with Crippen LogP contribution < -0.4 is 5.32 Å². The van der Waals surface area contributed by atoms with E-state index in [9.17, 15) is 12.8 Å². The number of halogens is 1. The zero-order valence-corrected chi connectivity index (χ0v) is 16.2. The lowest BCUT2D eigenvalue weighted by molar-refractivity contribution is 0.398. The third-order valence-corrected chi connectivity index (χ3v) is 7.38. The molecule has 0 saturated carbocycles. The van der Waals surface area contributed by atoms with E-state index in [2.05, 4.69) is 20.1 Å². The van der Waals surface area contributed by atoms with Crippen molar-refractivity contribution in [2.75, 3.05) is 26.2 Å². The lowest BCUT2D eigenvalue weighted by Gasteiger charge is -2.23.